The highest BCUT2D eigenvalue weighted by Gasteiger charge is 2.14. The van der Waals surface area contributed by atoms with E-state index >= 15 is 0 Å². The highest BCUT2D eigenvalue weighted by Crippen LogP contribution is 2.28. The van der Waals surface area contributed by atoms with Crippen LogP contribution >= 0.6 is 0 Å². The zero-order valence-electron chi connectivity index (χ0n) is 11.6. The van der Waals surface area contributed by atoms with Gasteiger partial charge in [0, 0.05) is 18.2 Å². The summed E-state index contributed by atoms with van der Waals surface area (Å²) in [5.74, 6) is 1.63. The number of hydrogen-bond donors (Lipinski definition) is 0. The van der Waals surface area contributed by atoms with Crippen molar-refractivity contribution in [2.75, 3.05) is 7.11 Å². The van der Waals surface area contributed by atoms with E-state index in [1.165, 1.54) is 0 Å². The zero-order chi connectivity index (χ0) is 14.2. The lowest BCUT2D eigenvalue weighted by atomic mass is 10.1. The molecule has 0 saturated carbocycles. The quantitative estimate of drug-likeness (QED) is 0.693. The molecule has 0 atom stereocenters. The predicted molar refractivity (Wildman–Crippen MR) is 77.2 cm³/mol. The van der Waals surface area contributed by atoms with Crippen LogP contribution in [0.25, 0.3) is 11.0 Å². The van der Waals surface area contributed by atoms with Gasteiger partial charge in [0.15, 0.2) is 5.75 Å². The van der Waals surface area contributed by atoms with Gasteiger partial charge in [-0.05, 0) is 23.8 Å². The molecule has 0 saturated heterocycles. The normalized spacial score (nSPS) is 13.2. The van der Waals surface area contributed by atoms with Crippen molar-refractivity contribution in [2.24, 2.45) is 0 Å². The van der Waals surface area contributed by atoms with Gasteiger partial charge in [-0.1, -0.05) is 12.1 Å². The van der Waals surface area contributed by atoms with Crippen LogP contribution in [0.15, 0.2) is 42.7 Å². The molecule has 0 N–H and O–H groups in total. The minimum atomic E-state index is 0.515. The highest BCUT2D eigenvalue weighted by molar-refractivity contribution is 5.77. The number of rotatable bonds is 3. The lowest BCUT2D eigenvalue weighted by molar-refractivity contribution is -0.194. The van der Waals surface area contributed by atoms with Gasteiger partial charge in [0.1, 0.15) is 12.4 Å². The molecule has 1 aliphatic heterocycles. The Labute approximate surface area is 121 Å². The van der Waals surface area contributed by atoms with Crippen molar-refractivity contribution in [1.29, 1.82) is 0 Å². The van der Waals surface area contributed by atoms with E-state index in [1.807, 2.05) is 36.7 Å². The first kappa shape index (κ1) is 12.2. The number of nitrogens with zero attached hydrogens (tertiary/aromatic N) is 2. The van der Waals surface area contributed by atoms with Crippen molar-refractivity contribution >= 4 is 11.0 Å². The molecule has 0 amide bonds. The molecule has 21 heavy (non-hydrogen) atoms. The molecular weight excluding hydrogens is 268 g/mol. The van der Waals surface area contributed by atoms with Gasteiger partial charge in [-0.2, -0.15) is 4.89 Å². The summed E-state index contributed by atoms with van der Waals surface area (Å²) < 4.78 is 7.37. The van der Waals surface area contributed by atoms with Crippen LogP contribution in [0.2, 0.25) is 0 Å². The molecule has 2 aromatic carbocycles. The minimum Gasteiger partial charge on any atom is -0.497 e. The summed E-state index contributed by atoms with van der Waals surface area (Å²) in [6.07, 6.45) is 1.84. The second-order valence-corrected chi connectivity index (χ2v) is 5.01. The number of fused-ring (bicyclic) bond motifs is 2. The van der Waals surface area contributed by atoms with E-state index in [-0.39, 0.29) is 0 Å². The predicted octanol–water partition coefficient (Wildman–Crippen LogP) is 2.92. The lowest BCUT2D eigenvalue weighted by Crippen LogP contribution is -1.98. The topological polar surface area (TPSA) is 45.5 Å². The van der Waals surface area contributed by atoms with Gasteiger partial charge in [0.2, 0.25) is 0 Å². The second kappa shape index (κ2) is 4.79. The van der Waals surface area contributed by atoms with Gasteiger partial charge in [-0.15, -0.1) is 0 Å². The summed E-state index contributed by atoms with van der Waals surface area (Å²) in [5, 5.41) is 0. The van der Waals surface area contributed by atoms with Crippen molar-refractivity contribution in [3.05, 3.63) is 53.9 Å². The Morgan fingerprint density at radius 2 is 2.19 bits per heavy atom. The number of ether oxygens (including phenoxy) is 1. The van der Waals surface area contributed by atoms with E-state index in [2.05, 4.69) is 15.6 Å². The van der Waals surface area contributed by atoms with Crippen LogP contribution in [0.3, 0.4) is 0 Å². The first-order valence-corrected chi connectivity index (χ1v) is 6.73. The molecule has 0 unspecified atom stereocenters. The van der Waals surface area contributed by atoms with Crippen molar-refractivity contribution in [1.82, 2.24) is 9.55 Å². The van der Waals surface area contributed by atoms with Gasteiger partial charge in [0.05, 0.1) is 24.5 Å². The Morgan fingerprint density at radius 3 is 3.10 bits per heavy atom. The molecule has 5 nitrogen and oxygen atoms in total. The standard InChI is InChI=1S/C16H14N2O3/c1-19-13-4-5-14-15(7-13)18(10-17-14)8-11-2-3-12-9-20-21-16(12)6-11/h2-7,10H,8-9H2,1H3. The number of benzene rings is 2. The smallest absolute Gasteiger partial charge is 0.171 e. The van der Waals surface area contributed by atoms with Crippen LogP contribution in [0.5, 0.6) is 11.5 Å². The first-order valence-electron chi connectivity index (χ1n) is 6.73. The third-order valence-corrected chi connectivity index (χ3v) is 3.68. The number of aromatic nitrogens is 2. The number of hydrogen-bond acceptors (Lipinski definition) is 4. The summed E-state index contributed by atoms with van der Waals surface area (Å²) in [5.41, 5.74) is 4.22. The largest absolute Gasteiger partial charge is 0.497 e. The molecule has 0 bridgehead atoms. The molecule has 3 aromatic rings. The monoisotopic (exact) mass is 282 g/mol. The average molecular weight is 282 g/mol. The maximum atomic E-state index is 5.28. The van der Waals surface area contributed by atoms with Crippen LogP contribution in [0.1, 0.15) is 11.1 Å². The Hall–Kier alpha value is -2.53. The van der Waals surface area contributed by atoms with E-state index in [9.17, 15) is 0 Å². The molecule has 0 radical (unpaired) electrons. The fraction of sp³-hybridized carbons (Fsp3) is 0.188. The van der Waals surface area contributed by atoms with Gasteiger partial charge < -0.3 is 14.2 Å². The third-order valence-electron chi connectivity index (χ3n) is 3.68. The van der Waals surface area contributed by atoms with Crippen molar-refractivity contribution < 1.29 is 14.5 Å². The lowest BCUT2D eigenvalue weighted by Gasteiger charge is -2.06. The minimum absolute atomic E-state index is 0.515. The Bertz CT molecular complexity index is 810. The van der Waals surface area contributed by atoms with Crippen LogP contribution < -0.4 is 9.62 Å². The summed E-state index contributed by atoms with van der Waals surface area (Å²) in [4.78, 5) is 14.5. The molecular formula is C16H14N2O3. The van der Waals surface area contributed by atoms with Crippen LogP contribution in [-0.4, -0.2) is 16.7 Å². The Kier molecular flexibility index (Phi) is 2.79. The summed E-state index contributed by atoms with van der Waals surface area (Å²) in [7, 11) is 1.67. The van der Waals surface area contributed by atoms with Gasteiger partial charge in [-0.3, -0.25) is 0 Å². The third kappa shape index (κ3) is 2.11. The maximum absolute atomic E-state index is 5.28. The molecule has 106 valence electrons. The van der Waals surface area contributed by atoms with Crippen LogP contribution in [0, 0.1) is 0 Å². The molecule has 0 aliphatic carbocycles. The molecule has 5 heteroatoms. The Morgan fingerprint density at radius 1 is 1.24 bits per heavy atom. The summed E-state index contributed by atoms with van der Waals surface area (Å²) in [6, 6.07) is 12.0. The molecule has 0 fully saturated rings. The van der Waals surface area contributed by atoms with E-state index in [0.29, 0.717) is 6.61 Å². The summed E-state index contributed by atoms with van der Waals surface area (Å²) >= 11 is 0. The molecule has 1 aliphatic rings. The van der Waals surface area contributed by atoms with E-state index in [1.54, 1.807) is 7.11 Å². The van der Waals surface area contributed by atoms with Gasteiger partial charge in [0.25, 0.3) is 0 Å². The van der Waals surface area contributed by atoms with Crippen LogP contribution in [-0.2, 0) is 18.0 Å². The SMILES string of the molecule is COc1ccc2ncn(Cc3ccc4c(c3)OOC4)c2c1. The van der Waals surface area contributed by atoms with Gasteiger partial charge >= 0.3 is 0 Å². The van der Waals surface area contributed by atoms with Crippen molar-refractivity contribution in [2.45, 2.75) is 13.2 Å². The van der Waals surface area contributed by atoms with E-state index in [4.69, 9.17) is 14.5 Å². The second-order valence-electron chi connectivity index (χ2n) is 5.01. The average Bonchev–Trinajstić information content (AvgIpc) is 3.13. The Balaban J connectivity index is 1.70. The number of methoxy groups -OCH3 is 1. The van der Waals surface area contributed by atoms with E-state index < -0.39 is 0 Å². The molecule has 2 heterocycles. The van der Waals surface area contributed by atoms with Gasteiger partial charge in [-0.25, -0.2) is 4.98 Å². The first-order chi connectivity index (χ1) is 10.3. The molecule has 4 rings (SSSR count). The maximum Gasteiger partial charge on any atom is 0.171 e. The fourth-order valence-electron chi connectivity index (χ4n) is 2.54. The highest BCUT2D eigenvalue weighted by atomic mass is 17.2. The van der Waals surface area contributed by atoms with Crippen LogP contribution in [0.4, 0.5) is 0 Å². The van der Waals surface area contributed by atoms with E-state index in [0.717, 1.165) is 40.2 Å². The molecule has 0 spiro atoms. The molecule has 1 aromatic heterocycles. The number of imidazole rings is 1. The zero-order valence-corrected chi connectivity index (χ0v) is 11.6. The van der Waals surface area contributed by atoms with Crippen molar-refractivity contribution in [3.8, 4) is 11.5 Å². The summed E-state index contributed by atoms with van der Waals surface area (Å²) in [6.45, 7) is 1.24. The fourth-order valence-corrected chi connectivity index (χ4v) is 2.54. The van der Waals surface area contributed by atoms with Crippen molar-refractivity contribution in [3.63, 3.8) is 0 Å².